The molecule has 1 aromatic heterocycles. The molecule has 1 fully saturated rings. The second-order valence-corrected chi connectivity index (χ2v) is 7.10. The lowest BCUT2D eigenvalue weighted by molar-refractivity contribution is -0.136. The number of hydrogen-bond donors (Lipinski definition) is 2. The van der Waals surface area contributed by atoms with Crippen LogP contribution in [0.15, 0.2) is 42.6 Å². The summed E-state index contributed by atoms with van der Waals surface area (Å²) in [7, 11) is 0. The van der Waals surface area contributed by atoms with Crippen molar-refractivity contribution in [2.45, 2.75) is 19.8 Å². The predicted octanol–water partition coefficient (Wildman–Crippen LogP) is 3.01. The number of rotatable bonds is 4. The van der Waals surface area contributed by atoms with E-state index >= 15 is 0 Å². The van der Waals surface area contributed by atoms with E-state index in [2.05, 4.69) is 20.5 Å². The number of pyridine rings is 1. The Morgan fingerprint density at radius 3 is 2.63 bits per heavy atom. The maximum absolute atomic E-state index is 12.1. The largest absolute Gasteiger partial charge is 0.357 e. The number of hydrogen-bond acceptors (Lipinski definition) is 4. The van der Waals surface area contributed by atoms with Crippen molar-refractivity contribution < 1.29 is 9.59 Å². The Hall–Kier alpha value is -2.60. The molecule has 0 radical (unpaired) electrons. The number of nitrogens with zero attached hydrogens (tertiary/aromatic N) is 2. The topological polar surface area (TPSA) is 74.3 Å². The number of halogens is 1. The fourth-order valence-corrected chi connectivity index (χ4v) is 3.32. The molecular formula is C20H23ClN4O2. The minimum atomic E-state index is -0.675. The van der Waals surface area contributed by atoms with Crippen molar-refractivity contribution in [3.8, 4) is 0 Å². The van der Waals surface area contributed by atoms with E-state index in [1.54, 1.807) is 31.3 Å². The Labute approximate surface area is 163 Å². The summed E-state index contributed by atoms with van der Waals surface area (Å²) in [6.45, 7) is 4.08. The van der Waals surface area contributed by atoms with Gasteiger partial charge in [-0.15, -0.1) is 0 Å². The van der Waals surface area contributed by atoms with Gasteiger partial charge >= 0.3 is 11.8 Å². The third-order valence-electron chi connectivity index (χ3n) is 4.86. The fraction of sp³-hybridized carbons (Fsp3) is 0.350. The normalized spacial score (nSPS) is 14.7. The van der Waals surface area contributed by atoms with Crippen LogP contribution < -0.4 is 15.5 Å². The Balaban J connectivity index is 1.44. The summed E-state index contributed by atoms with van der Waals surface area (Å²) >= 11 is 6.04. The molecule has 2 heterocycles. The molecular weight excluding hydrogens is 364 g/mol. The molecule has 0 saturated carbocycles. The lowest BCUT2D eigenvalue weighted by atomic mass is 9.97. The summed E-state index contributed by atoms with van der Waals surface area (Å²) in [5.74, 6) is 0.0405. The summed E-state index contributed by atoms with van der Waals surface area (Å²) < 4.78 is 0. The van der Waals surface area contributed by atoms with Crippen LogP contribution in [0.5, 0.6) is 0 Å². The van der Waals surface area contributed by atoms with Crippen molar-refractivity contribution in [2.75, 3.05) is 29.9 Å². The van der Waals surface area contributed by atoms with Gasteiger partial charge in [0, 0.05) is 36.5 Å². The Morgan fingerprint density at radius 1 is 1.15 bits per heavy atom. The molecule has 0 bridgehead atoms. The van der Waals surface area contributed by atoms with Crippen LogP contribution in [0.25, 0.3) is 0 Å². The molecule has 142 valence electrons. The summed E-state index contributed by atoms with van der Waals surface area (Å²) in [4.78, 5) is 30.8. The highest BCUT2D eigenvalue weighted by molar-refractivity contribution is 6.40. The van der Waals surface area contributed by atoms with Crippen molar-refractivity contribution in [3.05, 3.63) is 53.2 Å². The number of benzene rings is 1. The fourth-order valence-electron chi connectivity index (χ4n) is 3.15. The van der Waals surface area contributed by atoms with Crippen LogP contribution in [-0.4, -0.2) is 36.4 Å². The quantitative estimate of drug-likeness (QED) is 0.792. The zero-order valence-electron chi connectivity index (χ0n) is 15.2. The molecule has 2 aromatic rings. The van der Waals surface area contributed by atoms with Crippen LogP contribution in [-0.2, 0) is 9.59 Å². The lowest BCUT2D eigenvalue weighted by Gasteiger charge is -2.32. The highest BCUT2D eigenvalue weighted by Crippen LogP contribution is 2.23. The van der Waals surface area contributed by atoms with Crippen LogP contribution in [0.1, 0.15) is 18.4 Å². The van der Waals surface area contributed by atoms with E-state index < -0.39 is 11.8 Å². The van der Waals surface area contributed by atoms with E-state index in [-0.39, 0.29) is 0 Å². The first-order valence-corrected chi connectivity index (χ1v) is 9.42. The molecule has 1 saturated heterocycles. The van der Waals surface area contributed by atoms with Crippen molar-refractivity contribution in [1.82, 2.24) is 10.3 Å². The zero-order chi connectivity index (χ0) is 19.2. The molecule has 2 amide bonds. The van der Waals surface area contributed by atoms with Gasteiger partial charge in [0.15, 0.2) is 0 Å². The maximum atomic E-state index is 12.1. The van der Waals surface area contributed by atoms with Crippen LogP contribution in [0.2, 0.25) is 5.02 Å². The molecule has 0 atom stereocenters. The van der Waals surface area contributed by atoms with E-state index in [0.717, 1.165) is 37.3 Å². The van der Waals surface area contributed by atoms with Gasteiger partial charge in [-0.2, -0.15) is 0 Å². The van der Waals surface area contributed by atoms with Crippen molar-refractivity contribution in [3.63, 3.8) is 0 Å². The van der Waals surface area contributed by atoms with Crippen LogP contribution in [0.3, 0.4) is 0 Å². The molecule has 0 aliphatic carbocycles. The molecule has 1 aromatic carbocycles. The molecule has 7 heteroatoms. The SMILES string of the molecule is Cc1c(Cl)cccc1NC(=O)C(=O)NCC1CCN(c2ccccn2)CC1. The summed E-state index contributed by atoms with van der Waals surface area (Å²) in [5.41, 5.74) is 1.29. The van der Waals surface area contributed by atoms with Crippen LogP contribution >= 0.6 is 11.6 Å². The molecule has 1 aliphatic heterocycles. The van der Waals surface area contributed by atoms with E-state index in [9.17, 15) is 9.59 Å². The third kappa shape index (κ3) is 4.98. The van der Waals surface area contributed by atoms with Crippen LogP contribution in [0.4, 0.5) is 11.5 Å². The number of amides is 2. The van der Waals surface area contributed by atoms with E-state index in [4.69, 9.17) is 11.6 Å². The number of aromatic nitrogens is 1. The van der Waals surface area contributed by atoms with Gasteiger partial charge in [0.1, 0.15) is 5.82 Å². The number of carbonyl (C=O) groups is 2. The minimum absolute atomic E-state index is 0.356. The van der Waals surface area contributed by atoms with Gasteiger partial charge in [0.05, 0.1) is 0 Å². The van der Waals surface area contributed by atoms with E-state index in [0.29, 0.717) is 23.2 Å². The predicted molar refractivity (Wildman–Crippen MR) is 107 cm³/mol. The average Bonchev–Trinajstić information content (AvgIpc) is 2.70. The minimum Gasteiger partial charge on any atom is -0.357 e. The molecule has 2 N–H and O–H groups in total. The van der Waals surface area contributed by atoms with Crippen molar-refractivity contribution in [2.24, 2.45) is 5.92 Å². The molecule has 1 aliphatic rings. The number of piperidine rings is 1. The third-order valence-corrected chi connectivity index (χ3v) is 5.27. The monoisotopic (exact) mass is 386 g/mol. The Morgan fingerprint density at radius 2 is 1.93 bits per heavy atom. The Kier molecular flexibility index (Phi) is 6.29. The second-order valence-electron chi connectivity index (χ2n) is 6.69. The number of carbonyl (C=O) groups excluding carboxylic acids is 2. The molecule has 27 heavy (non-hydrogen) atoms. The summed E-state index contributed by atoms with van der Waals surface area (Å²) in [5, 5.41) is 5.91. The van der Waals surface area contributed by atoms with Gasteiger partial charge in [-0.3, -0.25) is 9.59 Å². The van der Waals surface area contributed by atoms with Gasteiger partial charge in [-0.1, -0.05) is 23.7 Å². The molecule has 0 unspecified atom stereocenters. The van der Waals surface area contributed by atoms with Gasteiger partial charge in [-0.25, -0.2) is 4.98 Å². The highest BCUT2D eigenvalue weighted by Gasteiger charge is 2.22. The van der Waals surface area contributed by atoms with Crippen molar-refractivity contribution >= 4 is 34.9 Å². The first-order valence-electron chi connectivity index (χ1n) is 9.05. The summed E-state index contributed by atoms with van der Waals surface area (Å²) in [6, 6.07) is 11.1. The zero-order valence-corrected chi connectivity index (χ0v) is 16.0. The van der Waals surface area contributed by atoms with Gasteiger partial charge in [0.2, 0.25) is 0 Å². The van der Waals surface area contributed by atoms with E-state index in [1.807, 2.05) is 18.2 Å². The lowest BCUT2D eigenvalue weighted by Crippen LogP contribution is -2.42. The standard InChI is InChI=1S/C20H23ClN4O2/c1-14-16(21)5-4-6-17(14)24-20(27)19(26)23-13-15-8-11-25(12-9-15)18-7-2-3-10-22-18/h2-7,10,15H,8-9,11-13H2,1H3,(H,23,26)(H,24,27). The average molecular weight is 387 g/mol. The molecule has 0 spiro atoms. The molecule has 3 rings (SSSR count). The maximum Gasteiger partial charge on any atom is 0.313 e. The summed E-state index contributed by atoms with van der Waals surface area (Å²) in [6.07, 6.45) is 3.69. The van der Waals surface area contributed by atoms with Crippen LogP contribution in [0, 0.1) is 12.8 Å². The Bertz CT molecular complexity index is 805. The van der Waals surface area contributed by atoms with Gasteiger partial charge in [-0.05, 0) is 55.5 Å². The highest BCUT2D eigenvalue weighted by atomic mass is 35.5. The number of nitrogens with one attached hydrogen (secondary N) is 2. The second kappa shape index (κ2) is 8.86. The first-order chi connectivity index (χ1) is 13.0. The number of anilines is 2. The smallest absolute Gasteiger partial charge is 0.313 e. The first kappa shape index (κ1) is 19.2. The van der Waals surface area contributed by atoms with E-state index in [1.165, 1.54) is 0 Å². The van der Waals surface area contributed by atoms with Gasteiger partial charge in [0.25, 0.3) is 0 Å². The van der Waals surface area contributed by atoms with Gasteiger partial charge < -0.3 is 15.5 Å². The molecule has 6 nitrogen and oxygen atoms in total. The van der Waals surface area contributed by atoms with Crippen molar-refractivity contribution in [1.29, 1.82) is 0 Å².